The molecule has 1 unspecified atom stereocenters. The number of hydrogen-bond donors (Lipinski definition) is 5. The van der Waals surface area contributed by atoms with Crippen LogP contribution in [-0.2, 0) is 55.1 Å². The second-order valence-electron chi connectivity index (χ2n) is 22.1. The number of aromatic amines is 2. The van der Waals surface area contributed by atoms with Gasteiger partial charge >= 0.3 is 118 Å². The summed E-state index contributed by atoms with van der Waals surface area (Å²) in [6.45, 7) is 9.52. The van der Waals surface area contributed by atoms with Gasteiger partial charge in [0.25, 0.3) is 21.6 Å². The van der Waals surface area contributed by atoms with E-state index < -0.39 is 54.7 Å². The van der Waals surface area contributed by atoms with E-state index in [2.05, 4.69) is 93.9 Å². The molecule has 1 amide bonds. The van der Waals surface area contributed by atoms with Gasteiger partial charge in [0.15, 0.2) is 5.71 Å². The van der Waals surface area contributed by atoms with Gasteiger partial charge in [-0.15, -0.1) is 17.7 Å². The summed E-state index contributed by atoms with van der Waals surface area (Å²) < 4.78 is 76.3. The molecular weight excluding hydrogens is 1170 g/mol. The number of nitrogen functional groups attached to an aromatic ring is 1. The van der Waals surface area contributed by atoms with E-state index in [1.54, 1.807) is 54.7 Å². The maximum Gasteiger partial charge on any atom is 1.00 e. The SMILES string of the molecule is CC1(C)C(/C=C/C2=C(Oc3ccc(CC(NC(=O)c4ccc(CCc5c[nH]c6nc(N)[nH]c(=O)c56)cc4)C(=O)[O-])cc3)C(=C/C=C3/N(CCCCS(=O)(=O)O)c4cc[c-]cc4C3(C)C)/CCC2)=[N+](CCCCS(=O)(=O)[O-])c2cc[c-]cc21.[Na+].[Na+].[Na+].[Na+]. The van der Waals surface area contributed by atoms with Crippen LogP contribution in [0.15, 0.2) is 143 Å². The molecule has 0 saturated carbocycles. The summed E-state index contributed by atoms with van der Waals surface area (Å²) in [5.74, 6) is -1.70. The Labute approximate surface area is 591 Å². The molecule has 9 rings (SSSR count). The van der Waals surface area contributed by atoms with Crippen LogP contribution in [-0.4, -0.2) is 93.7 Å². The molecule has 3 aliphatic rings. The first kappa shape index (κ1) is 72.8. The van der Waals surface area contributed by atoms with Crippen LogP contribution in [0.25, 0.3) is 11.0 Å². The van der Waals surface area contributed by atoms with Gasteiger partial charge in [-0.05, 0) is 127 Å². The minimum Gasteiger partial charge on any atom is -0.748 e. The first-order valence-corrected chi connectivity index (χ1v) is 30.5. The number of aliphatic carboxylic acids is 1. The molecule has 24 heteroatoms. The molecule has 0 radical (unpaired) electrons. The standard InChI is InChI=1S/C62H68N7O11S2.4Na/c1-61(2)47-16-5-7-18-50(47)68(34-9-11-36-81(74,75)76)52(61)32-28-42-14-13-15-43(29-33-53-62(3,4)48-17-6-8-19-51(48)69(53)35-10-12-37-82(77,78)79)55(42)80-46-30-23-41(24-31-46)38-49(59(72)73)65-57(70)44-25-20-40(21-26-44)22-27-45-39-64-56-54(45)58(71)67-60(63)66-56;;;;/h7-8,16-21,23-26,28-33,39,49H,9-15,22,27,34-38H2,1-4H3,(H,65,70)(H,72,73)(H,74,75,76)(H,77,78,79)(H4,63,64,66,67,71);;;;/q-1;4*+1/p-2. The number of amides is 1. The van der Waals surface area contributed by atoms with Crippen molar-refractivity contribution < 1.29 is 168 Å². The van der Waals surface area contributed by atoms with Crippen LogP contribution in [0.1, 0.15) is 111 Å². The van der Waals surface area contributed by atoms with E-state index in [1.165, 1.54) is 0 Å². The molecule has 2 aliphatic heterocycles. The van der Waals surface area contributed by atoms with Crippen molar-refractivity contribution in [1.29, 1.82) is 0 Å². The quantitative estimate of drug-likeness (QED) is 0.0133. The van der Waals surface area contributed by atoms with Gasteiger partial charge in [-0.3, -0.25) is 19.1 Å². The van der Waals surface area contributed by atoms with Crippen molar-refractivity contribution in [1.82, 2.24) is 20.3 Å². The summed E-state index contributed by atoms with van der Waals surface area (Å²) in [5.41, 5.74) is 15.2. The molecule has 1 aliphatic carbocycles. The van der Waals surface area contributed by atoms with Crippen molar-refractivity contribution in [2.45, 2.75) is 109 Å². The number of nitrogens with two attached hydrogens (primary N) is 1. The fourth-order valence-electron chi connectivity index (χ4n) is 11.3. The first-order chi connectivity index (χ1) is 39.0. The maximum atomic E-state index is 13.5. The summed E-state index contributed by atoms with van der Waals surface area (Å²) in [6, 6.07) is 30.5. The number of carboxylic acids is 1. The zero-order valence-electron chi connectivity index (χ0n) is 50.2. The topological polar surface area (TPSA) is 284 Å². The molecule has 18 nitrogen and oxygen atoms in total. The van der Waals surface area contributed by atoms with Crippen molar-refractivity contribution in [2.75, 3.05) is 35.2 Å². The van der Waals surface area contributed by atoms with Crippen molar-refractivity contribution in [3.8, 4) is 5.75 Å². The summed E-state index contributed by atoms with van der Waals surface area (Å²) in [6.07, 6.45) is 14.6. The van der Waals surface area contributed by atoms with Gasteiger partial charge in [0.05, 0.1) is 33.3 Å². The summed E-state index contributed by atoms with van der Waals surface area (Å²) >= 11 is 0. The summed E-state index contributed by atoms with van der Waals surface area (Å²) in [4.78, 5) is 50.4. The predicted octanol–water partition coefficient (Wildman–Crippen LogP) is -4.62. The monoisotopic (exact) mass is 1240 g/mol. The van der Waals surface area contributed by atoms with Crippen molar-refractivity contribution in [2.24, 2.45) is 0 Å². The summed E-state index contributed by atoms with van der Waals surface area (Å²) in [5, 5.41) is 15.6. The van der Waals surface area contributed by atoms with E-state index in [9.17, 15) is 45.4 Å². The number of aryl methyl sites for hydroxylation is 2. The third kappa shape index (κ3) is 17.7. The first-order valence-electron chi connectivity index (χ1n) is 27.4. The molecule has 0 fully saturated rings. The average molecular weight is 1240 g/mol. The van der Waals surface area contributed by atoms with Gasteiger partial charge in [-0.2, -0.15) is 49.8 Å². The number of nitrogens with zero attached hydrogens (tertiary/aromatic N) is 3. The van der Waals surface area contributed by atoms with Crippen LogP contribution in [0, 0.1) is 12.1 Å². The number of H-pyrrole nitrogens is 2. The zero-order chi connectivity index (χ0) is 58.6. The zero-order valence-corrected chi connectivity index (χ0v) is 59.8. The number of ether oxygens (including phenoxy) is 1. The molecule has 0 saturated heterocycles. The van der Waals surface area contributed by atoms with Gasteiger partial charge in [-0.1, -0.05) is 69.3 Å². The molecule has 6 N–H and O–H groups in total. The Balaban J connectivity index is 0.00000337. The van der Waals surface area contributed by atoms with Gasteiger partial charge in [0.2, 0.25) is 5.95 Å². The second-order valence-corrected chi connectivity index (χ2v) is 25.1. The molecule has 0 bridgehead atoms. The van der Waals surface area contributed by atoms with Crippen LogP contribution < -0.4 is 150 Å². The predicted molar refractivity (Wildman–Crippen MR) is 311 cm³/mol. The van der Waals surface area contributed by atoms with E-state index in [0.717, 1.165) is 62.6 Å². The molecule has 430 valence electrons. The Bertz CT molecular complexity index is 3900. The number of aromatic nitrogens is 3. The Hall–Kier alpha value is -3.91. The van der Waals surface area contributed by atoms with Crippen molar-refractivity contribution in [3.63, 3.8) is 0 Å². The van der Waals surface area contributed by atoms with E-state index in [0.29, 0.717) is 79.7 Å². The number of allylic oxidation sites excluding steroid dienone is 7. The number of carboxylic acid groups (broad SMARTS) is 1. The van der Waals surface area contributed by atoms with Crippen LogP contribution >= 0.6 is 0 Å². The Kier molecular flexibility index (Phi) is 26.4. The van der Waals surface area contributed by atoms with Crippen LogP contribution in [0.2, 0.25) is 0 Å². The smallest absolute Gasteiger partial charge is 0.748 e. The number of unbranched alkanes of at least 4 members (excludes halogenated alkanes) is 2. The second kappa shape index (κ2) is 31.2. The average Bonchev–Trinajstić information content (AvgIpc) is 1.66. The number of fused-ring (bicyclic) bond motifs is 3. The van der Waals surface area contributed by atoms with Gasteiger partial charge in [-0.25, -0.2) is 13.0 Å². The molecule has 86 heavy (non-hydrogen) atoms. The fourth-order valence-corrected chi connectivity index (χ4v) is 12.4. The minimum absolute atomic E-state index is 0. The number of anilines is 2. The molecule has 4 aromatic carbocycles. The molecule has 4 heterocycles. The van der Waals surface area contributed by atoms with E-state index in [1.807, 2.05) is 36.4 Å². The normalized spacial score (nSPS) is 16.5. The van der Waals surface area contributed by atoms with Crippen molar-refractivity contribution >= 4 is 66.2 Å². The van der Waals surface area contributed by atoms with Gasteiger partial charge in [0, 0.05) is 47.7 Å². The Morgan fingerprint density at radius 1 is 0.860 bits per heavy atom. The maximum absolute atomic E-state index is 13.5. The number of rotatable bonds is 23. The third-order valence-corrected chi connectivity index (χ3v) is 17.2. The van der Waals surface area contributed by atoms with Crippen LogP contribution in [0.3, 0.4) is 0 Å². The molecular formula is C62H66N7Na4O11S2+. The number of hydrogen-bond acceptors (Lipinski definition) is 13. The number of benzene rings is 4. The molecule has 6 aromatic rings. The summed E-state index contributed by atoms with van der Waals surface area (Å²) in [7, 11) is -8.49. The molecule has 2 aromatic heterocycles. The van der Waals surface area contributed by atoms with E-state index in [-0.39, 0.29) is 160 Å². The van der Waals surface area contributed by atoms with Gasteiger partial charge < -0.3 is 40.1 Å². The third-order valence-electron chi connectivity index (χ3n) is 15.6. The number of carbonyl (C=O) groups excluding carboxylic acids is 2. The molecule has 0 spiro atoms. The Morgan fingerprint density at radius 3 is 2.22 bits per heavy atom. The largest absolute Gasteiger partial charge is 1.00 e. The van der Waals surface area contributed by atoms with Crippen LogP contribution in [0.4, 0.5) is 17.3 Å². The Morgan fingerprint density at radius 2 is 1.53 bits per heavy atom. The van der Waals surface area contributed by atoms with Gasteiger partial charge in [0.1, 0.15) is 29.4 Å². The van der Waals surface area contributed by atoms with Crippen molar-refractivity contribution in [3.05, 3.63) is 194 Å². The fraction of sp³-hybridized carbons (Fsp3) is 0.339. The minimum atomic E-state index is -4.37. The molecule has 1 atom stereocenters. The number of nitrogens with one attached hydrogen (secondary N) is 3. The van der Waals surface area contributed by atoms with E-state index in [4.69, 9.17) is 10.5 Å². The van der Waals surface area contributed by atoms with E-state index >= 15 is 0 Å². The van der Waals surface area contributed by atoms with Crippen LogP contribution in [0.5, 0.6) is 5.75 Å². The number of carbonyl (C=O) groups is 2.